The van der Waals surface area contributed by atoms with Crippen LogP contribution in [0.15, 0.2) is 30.3 Å². The Bertz CT molecular complexity index is 2410. The maximum absolute atomic E-state index is 9.33. The van der Waals surface area contributed by atoms with Gasteiger partial charge in [0.15, 0.2) is 0 Å². The van der Waals surface area contributed by atoms with Crippen molar-refractivity contribution in [1.82, 2.24) is 5.32 Å². The minimum absolute atomic E-state index is 0.0111. The van der Waals surface area contributed by atoms with E-state index in [4.69, 9.17) is 143 Å². The summed E-state index contributed by atoms with van der Waals surface area (Å²) in [5.74, 6) is 7.63. The first-order valence-corrected chi connectivity index (χ1v) is 43.7. The van der Waals surface area contributed by atoms with Crippen molar-refractivity contribution in [3.8, 4) is 0 Å². The minimum Gasteiger partial charge on any atom is -0.450 e. The fraction of sp³-hybridized carbons (Fsp3) is 0.833. The topological polar surface area (TPSA) is 235 Å². The number of hydrogen-bond donors (Lipinski definition) is 10. The summed E-state index contributed by atoms with van der Waals surface area (Å²) < 4.78 is 0. The van der Waals surface area contributed by atoms with E-state index in [1.807, 2.05) is 45.8 Å². The summed E-state index contributed by atoms with van der Waals surface area (Å²) in [5.41, 5.74) is 43.0. The maximum atomic E-state index is 9.33. The Morgan fingerprint density at radius 1 is 0.452 bits per heavy atom. The average molecular weight is 1600 g/mol. The summed E-state index contributed by atoms with van der Waals surface area (Å²) in [6.07, 6.45) is 21.9. The first kappa shape index (κ1) is 112. The van der Waals surface area contributed by atoms with Gasteiger partial charge in [-0.05, 0) is 210 Å². The van der Waals surface area contributed by atoms with Crippen LogP contribution in [0.3, 0.4) is 0 Å². The predicted molar refractivity (Wildman–Crippen MR) is 504 cm³/mol. The van der Waals surface area contributed by atoms with Crippen LogP contribution in [0.1, 0.15) is 301 Å². The zero-order valence-corrected chi connectivity index (χ0v) is 78.2. The molecule has 0 spiro atoms. The molecule has 0 bridgehead atoms. The molecule has 20 heteroatoms. The van der Waals surface area contributed by atoms with Gasteiger partial charge < -0.3 is 55.5 Å². The molecule has 104 heavy (non-hydrogen) atoms. The molecule has 17 N–H and O–H groups in total. The summed E-state index contributed by atoms with van der Waals surface area (Å²) in [6, 6.07) is 11.3. The molecular formula is C84H166B2N8O2S8. The van der Waals surface area contributed by atoms with Gasteiger partial charge in [-0.15, -0.1) is 0 Å². The Balaban J connectivity index is -0.000000361. The van der Waals surface area contributed by atoms with Gasteiger partial charge in [0, 0.05) is 87.3 Å². The molecule has 1 aromatic rings. The zero-order valence-electron chi connectivity index (χ0n) is 71.7. The van der Waals surface area contributed by atoms with Crippen LogP contribution in [0.25, 0.3) is 0 Å². The highest BCUT2D eigenvalue weighted by atomic mass is 32.1. The van der Waals surface area contributed by atoms with Crippen molar-refractivity contribution in [3.05, 3.63) is 35.9 Å². The van der Waals surface area contributed by atoms with Crippen LogP contribution >= 0.6 is 97.7 Å². The molecule has 608 valence electrons. The van der Waals surface area contributed by atoms with Crippen LogP contribution in [-0.4, -0.2) is 118 Å². The van der Waals surface area contributed by atoms with E-state index < -0.39 is 0 Å². The summed E-state index contributed by atoms with van der Waals surface area (Å²) >= 11 is 42.3. The van der Waals surface area contributed by atoms with Gasteiger partial charge >= 0.3 is 0 Å². The van der Waals surface area contributed by atoms with E-state index in [1.54, 1.807) is 6.82 Å². The van der Waals surface area contributed by atoms with Crippen LogP contribution in [-0.2, 0) is 6.42 Å². The molecule has 0 aromatic heterocycles. The van der Waals surface area contributed by atoms with Crippen molar-refractivity contribution in [2.75, 3.05) is 6.54 Å². The highest BCUT2D eigenvalue weighted by molar-refractivity contribution is 7.82. The SMILES string of the molecule is CB(O)[C@H](C)CC(=S)[C@@H]1CCCN1.CB(O)[C@H](C)CC(=S)[C@H](C)N.CC(C)CC(=S)[C@@H](N)C(C)(C)C.CC(C)CC(=S)[C@@H](N)C(C)C.CC(C)CC(=S)[C@@H](N)C1CCCCC1.CC(C)C[C@@H](C)CC(=S)[C@@H](N)CC(C)C.CC(C)C[C@@H](C)CC(=S)[C@@H](N)Cc1ccccc1.CC[C@H](N)C(=S)CC(C)C. The lowest BCUT2D eigenvalue weighted by molar-refractivity contribution is 0.340. The van der Waals surface area contributed by atoms with Gasteiger partial charge in [-0.1, -0.05) is 327 Å². The lowest BCUT2D eigenvalue weighted by Gasteiger charge is -2.28. The molecule has 1 aliphatic carbocycles. The quantitative estimate of drug-likeness (QED) is 0.0220. The highest BCUT2D eigenvalue weighted by Crippen LogP contribution is 2.28. The molecule has 1 heterocycles. The van der Waals surface area contributed by atoms with Gasteiger partial charge in [0.05, 0.1) is 0 Å². The summed E-state index contributed by atoms with van der Waals surface area (Å²) in [6.45, 7) is 58.1. The Labute approximate surface area is 688 Å². The van der Waals surface area contributed by atoms with Crippen molar-refractivity contribution in [2.24, 2.45) is 111 Å². The third kappa shape index (κ3) is 64.2. The third-order valence-electron chi connectivity index (χ3n) is 18.5. The van der Waals surface area contributed by atoms with E-state index in [-0.39, 0.29) is 73.2 Å². The van der Waals surface area contributed by atoms with Crippen molar-refractivity contribution < 1.29 is 10.0 Å². The summed E-state index contributed by atoms with van der Waals surface area (Å²) in [5, 5.41) is 21.9. The van der Waals surface area contributed by atoms with Crippen LogP contribution in [0, 0.1) is 70.5 Å². The normalized spacial score (nSPS) is 16.9. The molecule has 12 atom stereocenters. The van der Waals surface area contributed by atoms with E-state index in [0.717, 1.165) is 128 Å². The van der Waals surface area contributed by atoms with E-state index in [0.29, 0.717) is 59.3 Å². The van der Waals surface area contributed by atoms with Gasteiger partial charge in [-0.2, -0.15) is 0 Å². The highest BCUT2D eigenvalue weighted by Gasteiger charge is 2.27. The fourth-order valence-electron chi connectivity index (χ4n) is 11.6. The molecule has 0 radical (unpaired) electrons. The van der Waals surface area contributed by atoms with Gasteiger partial charge in [0.2, 0.25) is 0 Å². The molecule has 0 amide bonds. The second-order valence-electron chi connectivity index (χ2n) is 35.4. The number of rotatable bonds is 37. The van der Waals surface area contributed by atoms with Crippen molar-refractivity contribution in [1.29, 1.82) is 0 Å². The molecule has 10 nitrogen and oxygen atoms in total. The first-order valence-electron chi connectivity index (χ1n) is 40.4. The molecule has 0 unspecified atom stereocenters. The van der Waals surface area contributed by atoms with Gasteiger partial charge in [-0.25, -0.2) is 0 Å². The number of thiocarbonyl (C=S) groups is 8. The number of nitrogens with one attached hydrogen (secondary N) is 1. The number of nitrogens with two attached hydrogens (primary N) is 7. The maximum Gasteiger partial charge on any atom is 0.289 e. The zero-order chi connectivity index (χ0) is 82.1. The van der Waals surface area contributed by atoms with E-state index in [9.17, 15) is 5.02 Å². The molecular weight excluding hydrogens is 1430 g/mol. The Morgan fingerprint density at radius 2 is 0.846 bits per heavy atom. The van der Waals surface area contributed by atoms with Crippen LogP contribution in [0.2, 0.25) is 25.3 Å². The van der Waals surface area contributed by atoms with E-state index >= 15 is 0 Å². The largest absolute Gasteiger partial charge is 0.450 e. The summed E-state index contributed by atoms with van der Waals surface area (Å²) in [7, 11) is 0. The molecule has 1 saturated heterocycles. The molecule has 1 aliphatic heterocycles. The first-order chi connectivity index (χ1) is 47.7. The van der Waals surface area contributed by atoms with Crippen LogP contribution in [0.5, 0.6) is 0 Å². The van der Waals surface area contributed by atoms with Crippen LogP contribution < -0.4 is 45.5 Å². The standard InChI is InChI=1S/C16H25NS.C13H27NS.C12H23NS.C10H21NS.C9H18BNOS.C9H19NS.C8H17NS.C7H16BNOS/c1-12(2)9-13(3)10-16(18)15(17)11-14-7-5-4-6-8-14;1-9(2)6-11(5)8-13(15)12(14)7-10(3)4;1-9(2)8-11(14)12(13)10-6-4-3-5-7-10;1-7(2)6-8(12)9(11)10(3,4)5;1-7(10(2)12)6-9(13)8-4-3-5-11-8;1-6(2)5-8(11)9(10)7(3)4;1-4-7(9)8(10)5-6(2)3;1-5(8(3)10)4-7(11)6(2)9/h4-8,12-13,15H,9-11,17H2,1-3H3;9-12H,6-8,14H2,1-5H3;9-10,12H,3-8,13H2,1-2H3;7,9H,6,11H2,1-5H3;7-8,11-12H,3-6H2,1-2H3;6-7,9H,5,10H2,1-4H3;6-7H,4-5,9H2,1-3H3;5-6,10H,4,9H2,1-3H3/t13-,15+;11-,12+;12-;9-;7-,8+;9-;7-;5-,6+/m11011001/s1. The lowest BCUT2D eigenvalue weighted by atomic mass is 9.58. The van der Waals surface area contributed by atoms with Crippen molar-refractivity contribution in [2.45, 2.75) is 375 Å². The fourth-order valence-corrected chi connectivity index (χ4v) is 15.4. The van der Waals surface area contributed by atoms with Crippen LogP contribution in [0.4, 0.5) is 0 Å². The Hall–Kier alpha value is -0.330. The molecule has 3 rings (SSSR count). The molecule has 2 fully saturated rings. The van der Waals surface area contributed by atoms with E-state index in [2.05, 4.69) is 170 Å². The number of hydrogen-bond acceptors (Lipinski definition) is 18. The lowest BCUT2D eigenvalue weighted by Crippen LogP contribution is -2.41. The second kappa shape index (κ2) is 64.1. The molecule has 1 saturated carbocycles. The second-order valence-corrected chi connectivity index (χ2v) is 39.6. The predicted octanol–water partition coefficient (Wildman–Crippen LogP) is 21.0. The van der Waals surface area contributed by atoms with E-state index in [1.165, 1.54) is 63.4 Å². The van der Waals surface area contributed by atoms with Crippen molar-refractivity contribution in [3.63, 3.8) is 0 Å². The smallest absolute Gasteiger partial charge is 0.289 e. The molecule has 2 aliphatic rings. The minimum atomic E-state index is -0.299. The Morgan fingerprint density at radius 3 is 1.21 bits per heavy atom. The third-order valence-corrected chi connectivity index (χ3v) is 22.2. The van der Waals surface area contributed by atoms with Crippen molar-refractivity contribution >= 4 is 150 Å². The van der Waals surface area contributed by atoms with Gasteiger partial charge in [0.1, 0.15) is 0 Å². The average Bonchev–Trinajstić information content (AvgIpc) is 0.947. The monoisotopic (exact) mass is 1600 g/mol. The summed E-state index contributed by atoms with van der Waals surface area (Å²) in [4.78, 5) is 8.19. The Kier molecular flexibility index (Phi) is 69.2. The molecule has 1 aromatic carbocycles. The van der Waals surface area contributed by atoms with Gasteiger partial charge in [-0.3, -0.25) is 0 Å². The van der Waals surface area contributed by atoms with Gasteiger partial charge in [0.25, 0.3) is 13.8 Å². The number of benzene rings is 1.